The number of aliphatic hydroxyl groups excluding tert-OH is 1. The van der Waals surface area contributed by atoms with E-state index < -0.39 is 12.1 Å². The number of carbonyl (C=O) groups excluding carboxylic acids is 2. The van der Waals surface area contributed by atoms with E-state index in [0.29, 0.717) is 73.1 Å². The Morgan fingerprint density at radius 3 is 2.81 bits per heavy atom. The highest BCUT2D eigenvalue weighted by molar-refractivity contribution is 5.97. The molecule has 2 N–H and O–H groups in total. The molecule has 0 radical (unpaired) electrons. The molecule has 5 unspecified atom stereocenters. The van der Waals surface area contributed by atoms with Crippen molar-refractivity contribution >= 4 is 17.8 Å². The van der Waals surface area contributed by atoms with E-state index in [9.17, 15) is 19.5 Å². The molecule has 9 nitrogen and oxygen atoms in total. The van der Waals surface area contributed by atoms with Crippen molar-refractivity contribution in [3.63, 3.8) is 0 Å². The molecule has 5 rings (SSSR count). The van der Waals surface area contributed by atoms with E-state index in [2.05, 4.69) is 6.07 Å². The van der Waals surface area contributed by atoms with Gasteiger partial charge in [-0.05, 0) is 56.7 Å². The van der Waals surface area contributed by atoms with Crippen molar-refractivity contribution in [2.75, 3.05) is 33.4 Å². The van der Waals surface area contributed by atoms with Crippen LogP contribution < -0.4 is 19.9 Å². The standard InChI is InChI=1S/C33H42N2O7/c1-22-8-6-11-26(36)10-5-3-4-9-24-15-28(16-30(40-2)32(24)33(39)42-22)41-21-27(37)20-34-17-23-14-25(19-34)29-12-7-13-31(38)35(29)18-23/h4,7,9,12-13,15-16,22-23,25,27,37H,3,5-6,8,10-11,14,17-21H2,1-2H3/p+1. The maximum atomic E-state index is 13.2. The van der Waals surface area contributed by atoms with Crippen LogP contribution in [0.5, 0.6) is 11.5 Å². The molecule has 1 aromatic carbocycles. The Morgan fingerprint density at radius 1 is 1.14 bits per heavy atom. The Morgan fingerprint density at radius 2 is 1.98 bits per heavy atom. The normalized spacial score (nSPS) is 25.4. The number of esters is 1. The van der Waals surface area contributed by atoms with Gasteiger partial charge in [-0.15, -0.1) is 0 Å². The van der Waals surface area contributed by atoms with Gasteiger partial charge in [-0.25, -0.2) is 4.79 Å². The van der Waals surface area contributed by atoms with E-state index in [4.69, 9.17) is 14.2 Å². The molecule has 0 amide bonds. The van der Waals surface area contributed by atoms with Gasteiger partial charge < -0.3 is 28.8 Å². The largest absolute Gasteiger partial charge is 0.496 e. The molecule has 5 atom stereocenters. The Hall–Kier alpha value is -3.43. The van der Waals surface area contributed by atoms with Gasteiger partial charge in [0.25, 0.3) is 5.56 Å². The molecule has 2 bridgehead atoms. The molecule has 0 saturated carbocycles. The van der Waals surface area contributed by atoms with E-state index in [1.54, 1.807) is 18.2 Å². The Labute approximate surface area is 247 Å². The Bertz CT molecular complexity index is 1370. The second-order valence-corrected chi connectivity index (χ2v) is 12.1. The molecule has 0 spiro atoms. The van der Waals surface area contributed by atoms with Crippen LogP contribution in [-0.4, -0.2) is 67.0 Å². The molecular formula is C33H43N2O7+. The van der Waals surface area contributed by atoms with Crippen LogP contribution in [0.3, 0.4) is 0 Å². The number of ketones is 1. The smallest absolute Gasteiger partial charge is 0.342 e. The van der Waals surface area contributed by atoms with Gasteiger partial charge in [-0.3, -0.25) is 9.59 Å². The highest BCUT2D eigenvalue weighted by atomic mass is 16.5. The number of likely N-dealkylation sites (tertiary alicyclic amines) is 1. The number of nitrogens with one attached hydrogen (secondary N) is 1. The number of nitrogens with zero attached hydrogens (tertiary/aromatic N) is 1. The average Bonchev–Trinajstić information content (AvgIpc) is 2.95. The van der Waals surface area contributed by atoms with Crippen LogP contribution >= 0.6 is 0 Å². The third-order valence-corrected chi connectivity index (χ3v) is 8.67. The number of hydrogen-bond donors (Lipinski definition) is 2. The zero-order valence-corrected chi connectivity index (χ0v) is 24.7. The fourth-order valence-electron chi connectivity index (χ4n) is 6.72. The molecule has 1 aromatic heterocycles. The monoisotopic (exact) mass is 579 g/mol. The number of ether oxygens (including phenoxy) is 3. The molecule has 3 aliphatic rings. The van der Waals surface area contributed by atoms with Crippen LogP contribution in [-0.2, 0) is 16.1 Å². The molecule has 4 heterocycles. The summed E-state index contributed by atoms with van der Waals surface area (Å²) in [4.78, 5) is 39.0. The van der Waals surface area contributed by atoms with E-state index in [1.165, 1.54) is 12.0 Å². The number of allylic oxidation sites excluding steroid dienone is 1. The second-order valence-electron chi connectivity index (χ2n) is 12.1. The number of aromatic nitrogens is 1. The zero-order valence-electron chi connectivity index (χ0n) is 24.7. The van der Waals surface area contributed by atoms with Gasteiger partial charge in [0.1, 0.15) is 42.1 Å². The molecule has 3 aliphatic heterocycles. The second kappa shape index (κ2) is 13.7. The van der Waals surface area contributed by atoms with Crippen molar-refractivity contribution < 1.29 is 33.8 Å². The molecule has 226 valence electrons. The van der Waals surface area contributed by atoms with Gasteiger partial charge in [0.2, 0.25) is 0 Å². The summed E-state index contributed by atoms with van der Waals surface area (Å²) in [7, 11) is 1.51. The van der Waals surface area contributed by atoms with Crippen molar-refractivity contribution in [1.29, 1.82) is 0 Å². The Balaban J connectivity index is 1.26. The number of cyclic esters (lactones) is 1. The summed E-state index contributed by atoms with van der Waals surface area (Å²) >= 11 is 0. The maximum Gasteiger partial charge on any atom is 0.342 e. The minimum Gasteiger partial charge on any atom is -0.496 e. The van der Waals surface area contributed by atoms with Crippen molar-refractivity contribution in [1.82, 2.24) is 4.57 Å². The molecule has 1 saturated heterocycles. The average molecular weight is 580 g/mol. The van der Waals surface area contributed by atoms with Crippen LogP contribution in [0.15, 0.2) is 41.2 Å². The fraction of sp³-hybridized carbons (Fsp3) is 0.545. The van der Waals surface area contributed by atoms with Gasteiger partial charge in [0, 0.05) is 49.0 Å². The predicted octanol–water partition coefficient (Wildman–Crippen LogP) is 2.78. The first-order valence-corrected chi connectivity index (χ1v) is 15.3. The fourth-order valence-corrected chi connectivity index (χ4v) is 6.72. The number of Topliss-reactive ketones (excluding diaryl/α,β-unsaturated/α-hetero) is 1. The van der Waals surface area contributed by atoms with E-state index in [0.717, 1.165) is 38.2 Å². The maximum absolute atomic E-state index is 13.2. The summed E-state index contributed by atoms with van der Waals surface area (Å²) in [6, 6.07) is 8.97. The van der Waals surface area contributed by atoms with Gasteiger partial charge in [0.15, 0.2) is 0 Å². The number of aliphatic hydroxyl groups is 1. The van der Waals surface area contributed by atoms with Crippen LogP contribution in [0.1, 0.15) is 79.4 Å². The molecule has 2 aromatic rings. The van der Waals surface area contributed by atoms with Crippen molar-refractivity contribution in [3.05, 3.63) is 63.6 Å². The van der Waals surface area contributed by atoms with E-state index in [1.807, 2.05) is 29.7 Å². The summed E-state index contributed by atoms with van der Waals surface area (Å²) < 4.78 is 19.3. The third-order valence-electron chi connectivity index (χ3n) is 8.67. The van der Waals surface area contributed by atoms with Gasteiger partial charge >= 0.3 is 5.97 Å². The van der Waals surface area contributed by atoms with Crippen LogP contribution in [0, 0.1) is 5.92 Å². The molecule has 42 heavy (non-hydrogen) atoms. The summed E-state index contributed by atoms with van der Waals surface area (Å²) in [6.45, 7) is 5.02. The number of piperidine rings is 1. The van der Waals surface area contributed by atoms with Gasteiger partial charge in [-0.2, -0.15) is 0 Å². The first kappa shape index (κ1) is 30.0. The summed E-state index contributed by atoms with van der Waals surface area (Å²) in [5.41, 5.74) is 2.13. The number of hydrogen-bond acceptors (Lipinski definition) is 7. The van der Waals surface area contributed by atoms with Crippen LogP contribution in [0.2, 0.25) is 0 Å². The quantitative estimate of drug-likeness (QED) is 0.507. The minimum atomic E-state index is -0.685. The number of rotatable bonds is 6. The number of fused-ring (bicyclic) bond motifs is 5. The van der Waals surface area contributed by atoms with Gasteiger partial charge in [0.05, 0.1) is 26.3 Å². The lowest BCUT2D eigenvalue weighted by atomic mass is 9.83. The minimum absolute atomic E-state index is 0.0711. The number of quaternary nitrogens is 1. The van der Waals surface area contributed by atoms with Gasteiger partial charge in [-0.1, -0.05) is 18.2 Å². The van der Waals surface area contributed by atoms with Crippen molar-refractivity contribution in [2.45, 2.75) is 76.5 Å². The number of pyridine rings is 1. The Kier molecular flexibility index (Phi) is 9.80. The highest BCUT2D eigenvalue weighted by Gasteiger charge is 2.37. The van der Waals surface area contributed by atoms with Crippen LogP contribution in [0.25, 0.3) is 6.08 Å². The summed E-state index contributed by atoms with van der Waals surface area (Å²) in [5, 5.41) is 10.9. The molecule has 0 aliphatic carbocycles. The SMILES string of the molecule is COc1cc(OCC(O)C[NH+]2CC3CC(C2)c2cccc(=O)n2C3)cc2c1C(=O)OC(C)CCCC(=O)CCCC=C2. The summed E-state index contributed by atoms with van der Waals surface area (Å²) in [5.74, 6) is 1.34. The van der Waals surface area contributed by atoms with E-state index >= 15 is 0 Å². The molecule has 1 fully saturated rings. The first-order valence-electron chi connectivity index (χ1n) is 15.3. The van der Waals surface area contributed by atoms with Crippen LogP contribution in [0.4, 0.5) is 0 Å². The summed E-state index contributed by atoms with van der Waals surface area (Å²) in [6.07, 6.45) is 7.70. The highest BCUT2D eigenvalue weighted by Crippen LogP contribution is 2.32. The lowest BCUT2D eigenvalue weighted by Crippen LogP contribution is -3.15. The predicted molar refractivity (Wildman–Crippen MR) is 158 cm³/mol. The third kappa shape index (κ3) is 7.31. The first-order chi connectivity index (χ1) is 20.3. The van der Waals surface area contributed by atoms with Crippen molar-refractivity contribution in [3.8, 4) is 11.5 Å². The number of benzene rings is 1. The molecular weight excluding hydrogens is 536 g/mol. The van der Waals surface area contributed by atoms with E-state index in [-0.39, 0.29) is 24.1 Å². The molecule has 9 heteroatoms. The number of methoxy groups -OCH3 is 1. The topological polar surface area (TPSA) is 108 Å². The van der Waals surface area contributed by atoms with Crippen molar-refractivity contribution in [2.24, 2.45) is 5.92 Å². The number of carbonyl (C=O) groups is 2. The lowest BCUT2D eigenvalue weighted by molar-refractivity contribution is -0.914. The lowest BCUT2D eigenvalue weighted by Gasteiger charge is -2.40. The zero-order chi connectivity index (χ0) is 29.6.